The van der Waals surface area contributed by atoms with E-state index in [1.165, 1.54) is 0 Å². The fourth-order valence-electron chi connectivity index (χ4n) is 3.51. The van der Waals surface area contributed by atoms with Crippen molar-refractivity contribution < 1.29 is 9.47 Å². The molecule has 3 N–H and O–H groups in total. The summed E-state index contributed by atoms with van der Waals surface area (Å²) in [6, 6.07) is 3.66. The van der Waals surface area contributed by atoms with Gasteiger partial charge in [-0.15, -0.1) is 0 Å². The molecule has 116 valence electrons. The Kier molecular flexibility index (Phi) is 4.76. The summed E-state index contributed by atoms with van der Waals surface area (Å²) in [7, 11) is 0. The van der Waals surface area contributed by atoms with Crippen LogP contribution in [-0.4, -0.2) is 30.4 Å². The van der Waals surface area contributed by atoms with Crippen LogP contribution in [0.15, 0.2) is 18.3 Å². The molecule has 2 aliphatic heterocycles. The van der Waals surface area contributed by atoms with Crippen LogP contribution in [0, 0.1) is 5.92 Å². The second-order valence-electron chi connectivity index (χ2n) is 5.91. The molecule has 0 aliphatic carbocycles. The van der Waals surface area contributed by atoms with Crippen LogP contribution in [-0.2, 0) is 9.47 Å². The number of aromatic nitrogens is 1. The van der Waals surface area contributed by atoms with E-state index in [9.17, 15) is 0 Å². The van der Waals surface area contributed by atoms with Crippen molar-refractivity contribution in [3.63, 3.8) is 0 Å². The van der Waals surface area contributed by atoms with E-state index in [0.717, 1.165) is 51.2 Å². The molecule has 5 nitrogen and oxygen atoms in total. The molecule has 0 amide bonds. The Labute approximate surface area is 130 Å². The van der Waals surface area contributed by atoms with Gasteiger partial charge < -0.3 is 9.47 Å². The first-order valence-corrected chi connectivity index (χ1v) is 7.90. The van der Waals surface area contributed by atoms with Crippen molar-refractivity contribution in [2.75, 3.05) is 19.8 Å². The Morgan fingerprint density at radius 2 is 2.19 bits per heavy atom. The summed E-state index contributed by atoms with van der Waals surface area (Å²) < 4.78 is 11.6. The minimum Gasteiger partial charge on any atom is -0.381 e. The summed E-state index contributed by atoms with van der Waals surface area (Å²) in [5.41, 5.74) is 3.69. The Bertz CT molecular complexity index is 474. The fourth-order valence-corrected chi connectivity index (χ4v) is 3.75. The Morgan fingerprint density at radius 1 is 1.38 bits per heavy atom. The normalized spacial score (nSPS) is 26.7. The Hall–Kier alpha value is -0.720. The van der Waals surface area contributed by atoms with Crippen LogP contribution in [0.4, 0.5) is 0 Å². The maximum Gasteiger partial charge on any atom is 0.0775 e. The lowest BCUT2D eigenvalue weighted by molar-refractivity contribution is -0.150. The molecule has 2 saturated heterocycles. The quantitative estimate of drug-likeness (QED) is 0.661. The summed E-state index contributed by atoms with van der Waals surface area (Å²) in [4.78, 5) is 4.42. The van der Waals surface area contributed by atoms with E-state index in [1.54, 1.807) is 6.20 Å². The summed E-state index contributed by atoms with van der Waals surface area (Å²) in [5.74, 6) is 6.18. The molecule has 1 aromatic rings. The topological polar surface area (TPSA) is 69.4 Å². The SMILES string of the molecule is NNC(c1ncccc1Cl)C1CCOC2(CCOCC2)C1. The third-order valence-corrected chi connectivity index (χ3v) is 4.99. The molecule has 3 heterocycles. The number of rotatable bonds is 3. The molecular formula is C15H22ClN3O2. The van der Waals surface area contributed by atoms with Crippen LogP contribution in [0.1, 0.15) is 37.4 Å². The van der Waals surface area contributed by atoms with E-state index in [4.69, 9.17) is 26.9 Å². The van der Waals surface area contributed by atoms with Crippen molar-refractivity contribution in [1.29, 1.82) is 0 Å². The second kappa shape index (κ2) is 6.58. The third-order valence-electron chi connectivity index (χ3n) is 4.67. The number of ether oxygens (including phenoxy) is 2. The summed E-state index contributed by atoms with van der Waals surface area (Å²) in [6.07, 6.45) is 5.60. The minimum atomic E-state index is -0.0580. The van der Waals surface area contributed by atoms with Gasteiger partial charge in [-0.1, -0.05) is 11.6 Å². The van der Waals surface area contributed by atoms with Crippen LogP contribution in [0.25, 0.3) is 0 Å². The summed E-state index contributed by atoms with van der Waals surface area (Å²) in [5, 5.41) is 0.660. The van der Waals surface area contributed by atoms with E-state index < -0.39 is 0 Å². The van der Waals surface area contributed by atoms with Crippen LogP contribution >= 0.6 is 11.6 Å². The highest BCUT2D eigenvalue weighted by Gasteiger charge is 2.42. The van der Waals surface area contributed by atoms with Gasteiger partial charge in [0.2, 0.25) is 0 Å². The Balaban J connectivity index is 1.79. The number of hydrogen-bond donors (Lipinski definition) is 2. The van der Waals surface area contributed by atoms with Crippen LogP contribution in [0.5, 0.6) is 0 Å². The van der Waals surface area contributed by atoms with Gasteiger partial charge >= 0.3 is 0 Å². The number of hydrogen-bond acceptors (Lipinski definition) is 5. The number of nitrogens with zero attached hydrogens (tertiary/aromatic N) is 1. The lowest BCUT2D eigenvalue weighted by Gasteiger charge is -2.45. The summed E-state index contributed by atoms with van der Waals surface area (Å²) >= 11 is 6.28. The zero-order valence-corrected chi connectivity index (χ0v) is 12.8. The maximum absolute atomic E-state index is 6.28. The van der Waals surface area contributed by atoms with Crippen LogP contribution in [0.3, 0.4) is 0 Å². The molecule has 0 saturated carbocycles. The van der Waals surface area contributed by atoms with E-state index in [2.05, 4.69) is 10.4 Å². The average Bonchev–Trinajstić information content (AvgIpc) is 2.51. The van der Waals surface area contributed by atoms with Crippen molar-refractivity contribution >= 4 is 11.6 Å². The molecule has 0 radical (unpaired) electrons. The van der Waals surface area contributed by atoms with Crippen molar-refractivity contribution in [2.24, 2.45) is 11.8 Å². The lowest BCUT2D eigenvalue weighted by atomic mass is 9.77. The number of nitrogens with one attached hydrogen (secondary N) is 1. The minimum absolute atomic E-state index is 0.0395. The van der Waals surface area contributed by atoms with E-state index in [1.807, 2.05) is 12.1 Å². The molecule has 21 heavy (non-hydrogen) atoms. The number of halogens is 1. The predicted molar refractivity (Wildman–Crippen MR) is 80.8 cm³/mol. The van der Waals surface area contributed by atoms with Gasteiger partial charge in [0.25, 0.3) is 0 Å². The molecule has 1 spiro atoms. The van der Waals surface area contributed by atoms with Crippen LogP contribution in [0.2, 0.25) is 5.02 Å². The molecule has 3 rings (SSSR count). The number of pyridine rings is 1. The molecule has 6 heteroatoms. The van der Waals surface area contributed by atoms with Crippen molar-refractivity contribution in [2.45, 2.75) is 37.3 Å². The van der Waals surface area contributed by atoms with E-state index in [0.29, 0.717) is 10.9 Å². The van der Waals surface area contributed by atoms with Gasteiger partial charge in [-0.05, 0) is 43.7 Å². The first-order chi connectivity index (χ1) is 10.2. The van der Waals surface area contributed by atoms with E-state index >= 15 is 0 Å². The van der Waals surface area contributed by atoms with Gasteiger partial charge in [0.05, 0.1) is 22.4 Å². The molecule has 2 fully saturated rings. The zero-order chi connectivity index (χ0) is 14.7. The average molecular weight is 312 g/mol. The Morgan fingerprint density at radius 3 is 2.90 bits per heavy atom. The fraction of sp³-hybridized carbons (Fsp3) is 0.667. The molecule has 2 unspecified atom stereocenters. The largest absolute Gasteiger partial charge is 0.381 e. The molecule has 0 aromatic carbocycles. The highest BCUT2D eigenvalue weighted by molar-refractivity contribution is 6.31. The van der Waals surface area contributed by atoms with Crippen molar-refractivity contribution in [1.82, 2.24) is 10.4 Å². The zero-order valence-electron chi connectivity index (χ0n) is 12.1. The second-order valence-corrected chi connectivity index (χ2v) is 6.32. The van der Waals surface area contributed by atoms with Gasteiger partial charge in [0, 0.05) is 26.0 Å². The first-order valence-electron chi connectivity index (χ1n) is 7.52. The highest BCUT2D eigenvalue weighted by atomic mass is 35.5. The van der Waals surface area contributed by atoms with Crippen molar-refractivity contribution in [3.8, 4) is 0 Å². The number of hydrazine groups is 1. The standard InChI is InChI=1S/C15H22ClN3O2/c16-12-2-1-6-18-14(12)13(19-17)11-3-7-21-15(10-11)4-8-20-9-5-15/h1-2,6,11,13,19H,3-5,7-10,17H2. The highest BCUT2D eigenvalue weighted by Crippen LogP contribution is 2.42. The van der Waals surface area contributed by atoms with E-state index in [-0.39, 0.29) is 11.6 Å². The van der Waals surface area contributed by atoms with Crippen molar-refractivity contribution in [3.05, 3.63) is 29.0 Å². The van der Waals surface area contributed by atoms with Gasteiger partial charge in [-0.25, -0.2) is 0 Å². The maximum atomic E-state index is 6.28. The van der Waals surface area contributed by atoms with Gasteiger partial charge in [-0.3, -0.25) is 16.3 Å². The molecular weight excluding hydrogens is 290 g/mol. The third kappa shape index (κ3) is 3.22. The smallest absolute Gasteiger partial charge is 0.0775 e. The molecule has 0 bridgehead atoms. The van der Waals surface area contributed by atoms with Gasteiger partial charge in [0.1, 0.15) is 0 Å². The predicted octanol–water partition coefficient (Wildman–Crippen LogP) is 2.22. The molecule has 2 aliphatic rings. The lowest BCUT2D eigenvalue weighted by Crippen LogP contribution is -2.48. The molecule has 1 aromatic heterocycles. The number of nitrogens with two attached hydrogens (primary N) is 1. The molecule has 2 atom stereocenters. The summed E-state index contributed by atoms with van der Waals surface area (Å²) in [6.45, 7) is 2.31. The first kappa shape index (κ1) is 15.2. The monoisotopic (exact) mass is 311 g/mol. The van der Waals surface area contributed by atoms with Crippen LogP contribution < -0.4 is 11.3 Å². The van der Waals surface area contributed by atoms with Gasteiger partial charge in [0.15, 0.2) is 0 Å². The van der Waals surface area contributed by atoms with Gasteiger partial charge in [-0.2, -0.15) is 0 Å².